The first-order chi connectivity index (χ1) is 11.5. The molecule has 1 aromatic rings. The Morgan fingerprint density at radius 1 is 1.42 bits per heavy atom. The van der Waals surface area contributed by atoms with Crippen molar-refractivity contribution in [2.24, 2.45) is 5.92 Å². The molecule has 0 aromatic heterocycles. The van der Waals surface area contributed by atoms with Crippen LogP contribution in [0.1, 0.15) is 18.4 Å². The van der Waals surface area contributed by atoms with Crippen LogP contribution in [0.5, 0.6) is 0 Å². The third kappa shape index (κ3) is 3.75. The predicted molar refractivity (Wildman–Crippen MR) is 86.8 cm³/mol. The molecule has 0 N–H and O–H groups in total. The highest BCUT2D eigenvalue weighted by molar-refractivity contribution is 5.79. The molecule has 2 fully saturated rings. The quantitative estimate of drug-likeness (QED) is 0.841. The van der Waals surface area contributed by atoms with Gasteiger partial charge in [-0.05, 0) is 30.5 Å². The number of hydrogen-bond donors (Lipinski definition) is 0. The molecule has 2 aliphatic heterocycles. The molecule has 0 unspecified atom stereocenters. The van der Waals surface area contributed by atoms with E-state index in [4.69, 9.17) is 4.74 Å². The van der Waals surface area contributed by atoms with Gasteiger partial charge in [0.1, 0.15) is 12.4 Å². The van der Waals surface area contributed by atoms with E-state index in [-0.39, 0.29) is 36.2 Å². The second kappa shape index (κ2) is 7.30. The number of carbonyl (C=O) groups is 2. The Labute approximate surface area is 141 Å². The third-order valence-corrected chi connectivity index (χ3v) is 5.04. The molecule has 2 atom stereocenters. The standard InChI is InChI=1S/C18H23FN2O3/c1-20-16-10-21(8-7-14(16)11-24-12-18(20)23)17(22)6-5-13-3-2-4-15(19)9-13/h2-4,9,14,16H,5-8,10-12H2,1H3/t14-,16-/m0/s1. The van der Waals surface area contributed by atoms with Crippen molar-refractivity contribution in [3.05, 3.63) is 35.6 Å². The van der Waals surface area contributed by atoms with E-state index < -0.39 is 0 Å². The predicted octanol–water partition coefficient (Wildman–Crippen LogP) is 1.46. The summed E-state index contributed by atoms with van der Waals surface area (Å²) in [6.45, 7) is 1.94. The molecular formula is C18H23FN2O3. The van der Waals surface area contributed by atoms with Crippen LogP contribution in [0.25, 0.3) is 0 Å². The fourth-order valence-electron chi connectivity index (χ4n) is 3.53. The highest BCUT2D eigenvalue weighted by atomic mass is 19.1. The molecular weight excluding hydrogens is 311 g/mol. The average Bonchev–Trinajstić information content (AvgIpc) is 2.72. The van der Waals surface area contributed by atoms with Gasteiger partial charge in [0.05, 0.1) is 12.6 Å². The molecule has 2 amide bonds. The van der Waals surface area contributed by atoms with Gasteiger partial charge in [0.2, 0.25) is 11.8 Å². The fourth-order valence-corrected chi connectivity index (χ4v) is 3.53. The van der Waals surface area contributed by atoms with Gasteiger partial charge >= 0.3 is 0 Å². The lowest BCUT2D eigenvalue weighted by Gasteiger charge is -2.41. The topological polar surface area (TPSA) is 49.9 Å². The van der Waals surface area contributed by atoms with Crippen molar-refractivity contribution < 1.29 is 18.7 Å². The van der Waals surface area contributed by atoms with E-state index in [1.165, 1.54) is 12.1 Å². The number of piperidine rings is 1. The lowest BCUT2D eigenvalue weighted by atomic mass is 9.91. The molecule has 0 bridgehead atoms. The second-order valence-corrected chi connectivity index (χ2v) is 6.61. The molecule has 2 heterocycles. The van der Waals surface area contributed by atoms with E-state index in [0.717, 1.165) is 12.0 Å². The van der Waals surface area contributed by atoms with Crippen LogP contribution in [0, 0.1) is 11.7 Å². The average molecular weight is 334 g/mol. The molecule has 2 saturated heterocycles. The number of likely N-dealkylation sites (N-methyl/N-ethyl adjacent to an activating group) is 1. The zero-order valence-electron chi connectivity index (χ0n) is 13.9. The maximum absolute atomic E-state index is 13.2. The van der Waals surface area contributed by atoms with Gasteiger partial charge in [-0.15, -0.1) is 0 Å². The van der Waals surface area contributed by atoms with Gasteiger partial charge in [0.15, 0.2) is 0 Å². The zero-order valence-corrected chi connectivity index (χ0v) is 13.9. The van der Waals surface area contributed by atoms with Crippen LogP contribution in [-0.4, -0.2) is 61.0 Å². The van der Waals surface area contributed by atoms with Crippen LogP contribution in [0.4, 0.5) is 4.39 Å². The lowest BCUT2D eigenvalue weighted by Crippen LogP contribution is -2.54. The van der Waals surface area contributed by atoms with Crippen molar-refractivity contribution in [3.8, 4) is 0 Å². The summed E-state index contributed by atoms with van der Waals surface area (Å²) in [4.78, 5) is 28.0. The van der Waals surface area contributed by atoms with Gasteiger partial charge < -0.3 is 14.5 Å². The Hall–Kier alpha value is -1.95. The normalized spacial score (nSPS) is 24.5. The number of fused-ring (bicyclic) bond motifs is 1. The van der Waals surface area contributed by atoms with Crippen LogP contribution in [-0.2, 0) is 20.7 Å². The monoisotopic (exact) mass is 334 g/mol. The number of benzene rings is 1. The number of aryl methyl sites for hydroxylation is 1. The molecule has 0 aliphatic carbocycles. The van der Waals surface area contributed by atoms with E-state index in [1.807, 2.05) is 11.0 Å². The summed E-state index contributed by atoms with van der Waals surface area (Å²) in [6.07, 6.45) is 1.72. The Balaban J connectivity index is 1.59. The molecule has 6 heteroatoms. The molecule has 130 valence electrons. The van der Waals surface area contributed by atoms with Crippen LogP contribution >= 0.6 is 0 Å². The van der Waals surface area contributed by atoms with Crippen molar-refractivity contribution in [1.29, 1.82) is 0 Å². The number of halogens is 1. The maximum Gasteiger partial charge on any atom is 0.248 e. The number of rotatable bonds is 3. The summed E-state index contributed by atoms with van der Waals surface area (Å²) in [6, 6.07) is 6.38. The first-order valence-corrected chi connectivity index (χ1v) is 8.40. The van der Waals surface area contributed by atoms with Gasteiger partial charge in [-0.2, -0.15) is 0 Å². The molecule has 0 saturated carbocycles. The number of likely N-dealkylation sites (tertiary alicyclic amines) is 1. The molecule has 5 nitrogen and oxygen atoms in total. The second-order valence-electron chi connectivity index (χ2n) is 6.61. The van der Waals surface area contributed by atoms with Crippen molar-refractivity contribution in [2.45, 2.75) is 25.3 Å². The largest absolute Gasteiger partial charge is 0.371 e. The van der Waals surface area contributed by atoms with Crippen molar-refractivity contribution in [1.82, 2.24) is 9.80 Å². The minimum absolute atomic E-state index is 0.0202. The van der Waals surface area contributed by atoms with Crippen LogP contribution < -0.4 is 0 Å². The lowest BCUT2D eigenvalue weighted by molar-refractivity contribution is -0.139. The van der Waals surface area contributed by atoms with E-state index in [9.17, 15) is 14.0 Å². The van der Waals surface area contributed by atoms with E-state index in [1.54, 1.807) is 18.0 Å². The Kier molecular flexibility index (Phi) is 5.14. The Bertz CT molecular complexity index is 622. The van der Waals surface area contributed by atoms with Crippen molar-refractivity contribution in [2.75, 3.05) is 33.4 Å². The van der Waals surface area contributed by atoms with Crippen molar-refractivity contribution in [3.63, 3.8) is 0 Å². The van der Waals surface area contributed by atoms with Gasteiger partial charge in [-0.25, -0.2) is 4.39 Å². The van der Waals surface area contributed by atoms with Gasteiger partial charge in [-0.3, -0.25) is 9.59 Å². The molecule has 24 heavy (non-hydrogen) atoms. The molecule has 1 aromatic carbocycles. The summed E-state index contributed by atoms with van der Waals surface area (Å²) in [5.74, 6) is 0.0355. The Morgan fingerprint density at radius 2 is 2.25 bits per heavy atom. The zero-order chi connectivity index (χ0) is 17.1. The van der Waals surface area contributed by atoms with E-state index >= 15 is 0 Å². The fraction of sp³-hybridized carbons (Fsp3) is 0.556. The first kappa shape index (κ1) is 16.9. The van der Waals surface area contributed by atoms with Gasteiger partial charge in [0, 0.05) is 32.5 Å². The van der Waals surface area contributed by atoms with E-state index in [0.29, 0.717) is 32.5 Å². The molecule has 2 aliphatic rings. The maximum atomic E-state index is 13.2. The third-order valence-electron chi connectivity index (χ3n) is 5.04. The highest BCUT2D eigenvalue weighted by Gasteiger charge is 2.37. The van der Waals surface area contributed by atoms with Crippen molar-refractivity contribution >= 4 is 11.8 Å². The van der Waals surface area contributed by atoms with E-state index in [2.05, 4.69) is 0 Å². The molecule has 0 spiro atoms. The molecule has 3 rings (SSSR count). The summed E-state index contributed by atoms with van der Waals surface area (Å²) in [5, 5.41) is 0. The summed E-state index contributed by atoms with van der Waals surface area (Å²) in [5.41, 5.74) is 0.827. The summed E-state index contributed by atoms with van der Waals surface area (Å²) in [7, 11) is 1.79. The Morgan fingerprint density at radius 3 is 3.04 bits per heavy atom. The number of nitrogens with zero attached hydrogens (tertiary/aromatic N) is 2. The first-order valence-electron chi connectivity index (χ1n) is 8.40. The number of ether oxygens (including phenoxy) is 1. The summed E-state index contributed by atoms with van der Waals surface area (Å²) < 4.78 is 18.6. The number of hydrogen-bond acceptors (Lipinski definition) is 3. The highest BCUT2D eigenvalue weighted by Crippen LogP contribution is 2.25. The van der Waals surface area contributed by atoms with Gasteiger partial charge in [-0.1, -0.05) is 12.1 Å². The number of amides is 2. The minimum Gasteiger partial charge on any atom is -0.371 e. The minimum atomic E-state index is -0.278. The van der Waals surface area contributed by atoms with Crippen LogP contribution in [0.2, 0.25) is 0 Å². The van der Waals surface area contributed by atoms with Crippen LogP contribution in [0.3, 0.4) is 0 Å². The number of carbonyl (C=O) groups excluding carboxylic acids is 2. The smallest absolute Gasteiger partial charge is 0.248 e. The van der Waals surface area contributed by atoms with Gasteiger partial charge in [0.25, 0.3) is 0 Å². The van der Waals surface area contributed by atoms with Crippen LogP contribution in [0.15, 0.2) is 24.3 Å². The summed E-state index contributed by atoms with van der Waals surface area (Å²) >= 11 is 0. The molecule has 0 radical (unpaired) electrons. The SMILES string of the molecule is CN1C(=O)COC[C@@H]2CCN(C(=O)CCc3cccc(F)c3)C[C@@H]21.